The molecule has 4 rings (SSSR count). The number of rotatable bonds is 5. The van der Waals surface area contributed by atoms with E-state index in [1.807, 2.05) is 43.0 Å². The second kappa shape index (κ2) is 8.62. The van der Waals surface area contributed by atoms with E-state index in [0.29, 0.717) is 24.5 Å². The van der Waals surface area contributed by atoms with E-state index in [1.165, 1.54) is 5.56 Å². The highest BCUT2D eigenvalue weighted by Crippen LogP contribution is 2.31. The highest BCUT2D eigenvalue weighted by molar-refractivity contribution is 7.97. The summed E-state index contributed by atoms with van der Waals surface area (Å²) in [7, 11) is 1.93. The first-order valence-corrected chi connectivity index (χ1v) is 11.0. The van der Waals surface area contributed by atoms with Crippen LogP contribution in [0.2, 0.25) is 0 Å². The Labute approximate surface area is 181 Å². The van der Waals surface area contributed by atoms with Gasteiger partial charge in [-0.05, 0) is 60.5 Å². The van der Waals surface area contributed by atoms with Gasteiger partial charge in [0, 0.05) is 55.6 Å². The summed E-state index contributed by atoms with van der Waals surface area (Å²) >= 11 is 1.64. The van der Waals surface area contributed by atoms with Crippen molar-refractivity contribution in [1.29, 1.82) is 5.41 Å². The normalized spacial score (nSPS) is 16.6. The van der Waals surface area contributed by atoms with E-state index in [2.05, 4.69) is 27.3 Å². The molecule has 7 heteroatoms. The summed E-state index contributed by atoms with van der Waals surface area (Å²) in [4.78, 5) is 18.5. The Balaban J connectivity index is 1.45. The molecular formula is C23H27N5OS. The van der Waals surface area contributed by atoms with E-state index >= 15 is 0 Å². The van der Waals surface area contributed by atoms with Crippen molar-refractivity contribution in [2.45, 2.75) is 37.6 Å². The van der Waals surface area contributed by atoms with Gasteiger partial charge in [0.25, 0.3) is 5.91 Å². The third kappa shape index (κ3) is 4.13. The Morgan fingerprint density at radius 3 is 3.00 bits per heavy atom. The van der Waals surface area contributed by atoms with Crippen LogP contribution in [0, 0.1) is 12.3 Å². The summed E-state index contributed by atoms with van der Waals surface area (Å²) in [5, 5.41) is 11.0. The van der Waals surface area contributed by atoms with Crippen molar-refractivity contribution in [3.8, 4) is 0 Å². The molecule has 1 aromatic carbocycles. The number of carbonyl (C=O) groups is 1. The van der Waals surface area contributed by atoms with Crippen LogP contribution >= 0.6 is 11.9 Å². The van der Waals surface area contributed by atoms with Crippen molar-refractivity contribution in [3.05, 3.63) is 58.9 Å². The molecule has 1 fully saturated rings. The van der Waals surface area contributed by atoms with Crippen molar-refractivity contribution in [2.75, 3.05) is 13.1 Å². The second-order valence-corrected chi connectivity index (χ2v) is 8.91. The van der Waals surface area contributed by atoms with Gasteiger partial charge < -0.3 is 15.3 Å². The molecule has 2 aliphatic rings. The number of piperidine rings is 1. The number of aliphatic imine (C=N–C) groups is 1. The lowest BCUT2D eigenvalue weighted by molar-refractivity contribution is 0.0942. The molecular weight excluding hydrogens is 394 g/mol. The lowest BCUT2D eigenvalue weighted by Gasteiger charge is -2.27. The standard InChI is InChI=1S/C23H27N5OS/c1-15-14-28(11-9-19(15)24)30-22-12-21(27(3)16(22)2)23(29)26-13-17-6-4-8-20-18(17)7-5-10-25-20/h4,6,8,10,12,24H,1,5,7,9,11,13-14H2,2-3H3,(H,26,29). The van der Waals surface area contributed by atoms with Crippen LogP contribution in [0.5, 0.6) is 0 Å². The fraction of sp³-hybridized carbons (Fsp3) is 0.348. The SMILES string of the molecule is C=C1CN(Sc2cc(C(=O)NCc3cccc4c3CCC=N4)n(C)c2C)CCC1=N. The van der Waals surface area contributed by atoms with E-state index < -0.39 is 0 Å². The molecule has 0 saturated carbocycles. The van der Waals surface area contributed by atoms with Crippen LogP contribution in [-0.4, -0.2) is 39.8 Å². The highest BCUT2D eigenvalue weighted by atomic mass is 32.2. The number of amides is 1. The first-order chi connectivity index (χ1) is 14.4. The Hall–Kier alpha value is -2.64. The van der Waals surface area contributed by atoms with Gasteiger partial charge in [0.05, 0.1) is 5.69 Å². The Morgan fingerprint density at radius 1 is 1.37 bits per heavy atom. The number of benzene rings is 1. The van der Waals surface area contributed by atoms with Crippen LogP contribution in [0.25, 0.3) is 0 Å². The maximum absolute atomic E-state index is 12.9. The first kappa shape index (κ1) is 20.6. The minimum absolute atomic E-state index is 0.0748. The summed E-state index contributed by atoms with van der Waals surface area (Å²) in [6, 6.07) is 8.05. The third-order valence-corrected chi connectivity index (χ3v) is 6.98. The Bertz CT molecular complexity index is 1050. The third-order valence-electron chi connectivity index (χ3n) is 5.80. The molecule has 0 radical (unpaired) electrons. The molecule has 6 nitrogen and oxygen atoms in total. The Kier molecular flexibility index (Phi) is 5.92. The molecule has 0 spiro atoms. The fourth-order valence-corrected chi connectivity index (χ4v) is 4.95. The number of carbonyl (C=O) groups excluding carboxylic acids is 1. The van der Waals surface area contributed by atoms with Crippen LogP contribution in [0.1, 0.15) is 40.2 Å². The summed E-state index contributed by atoms with van der Waals surface area (Å²) in [5.74, 6) is -0.0748. The topological polar surface area (TPSA) is 73.5 Å². The summed E-state index contributed by atoms with van der Waals surface area (Å²) in [5.41, 5.74) is 6.60. The van der Waals surface area contributed by atoms with Crippen molar-refractivity contribution < 1.29 is 4.79 Å². The van der Waals surface area contributed by atoms with Crippen molar-refractivity contribution in [1.82, 2.24) is 14.2 Å². The fourth-order valence-electron chi connectivity index (χ4n) is 3.83. The lowest BCUT2D eigenvalue weighted by atomic mass is 9.99. The number of fused-ring (bicyclic) bond motifs is 1. The van der Waals surface area contributed by atoms with Crippen LogP contribution in [-0.2, 0) is 20.0 Å². The van der Waals surface area contributed by atoms with Crippen LogP contribution < -0.4 is 5.32 Å². The first-order valence-electron chi connectivity index (χ1n) is 10.2. The molecule has 0 aliphatic carbocycles. The van der Waals surface area contributed by atoms with Crippen molar-refractivity contribution >= 4 is 35.5 Å². The number of hydrogen-bond acceptors (Lipinski definition) is 5. The predicted octanol–water partition coefficient (Wildman–Crippen LogP) is 4.20. The van der Waals surface area contributed by atoms with Crippen LogP contribution in [0.3, 0.4) is 0 Å². The molecule has 1 aromatic heterocycles. The van der Waals surface area contributed by atoms with Gasteiger partial charge in [0.2, 0.25) is 0 Å². The zero-order valence-electron chi connectivity index (χ0n) is 17.5. The van der Waals surface area contributed by atoms with Crippen molar-refractivity contribution in [3.63, 3.8) is 0 Å². The zero-order chi connectivity index (χ0) is 21.3. The maximum atomic E-state index is 12.9. The molecule has 2 aliphatic heterocycles. The molecule has 2 N–H and O–H groups in total. The molecule has 1 amide bonds. The molecule has 156 valence electrons. The van der Waals surface area contributed by atoms with E-state index in [0.717, 1.165) is 53.2 Å². The van der Waals surface area contributed by atoms with E-state index in [9.17, 15) is 4.79 Å². The van der Waals surface area contributed by atoms with Gasteiger partial charge in [-0.1, -0.05) is 18.7 Å². The predicted molar refractivity (Wildman–Crippen MR) is 123 cm³/mol. The zero-order valence-corrected chi connectivity index (χ0v) is 18.3. The molecule has 0 bridgehead atoms. The number of hydrogen-bond donors (Lipinski definition) is 2. The summed E-state index contributed by atoms with van der Waals surface area (Å²) in [6.07, 6.45) is 4.58. The van der Waals surface area contributed by atoms with E-state index in [4.69, 9.17) is 5.41 Å². The largest absolute Gasteiger partial charge is 0.347 e. The van der Waals surface area contributed by atoms with Gasteiger partial charge in [0.15, 0.2) is 0 Å². The van der Waals surface area contributed by atoms with Crippen molar-refractivity contribution in [2.24, 2.45) is 12.0 Å². The molecule has 2 aromatic rings. The Morgan fingerprint density at radius 2 is 2.20 bits per heavy atom. The smallest absolute Gasteiger partial charge is 0.268 e. The van der Waals surface area contributed by atoms with Gasteiger partial charge >= 0.3 is 0 Å². The number of aromatic nitrogens is 1. The van der Waals surface area contributed by atoms with E-state index in [1.54, 1.807) is 11.9 Å². The molecule has 1 saturated heterocycles. The molecule has 0 unspecified atom stereocenters. The second-order valence-electron chi connectivity index (χ2n) is 7.77. The van der Waals surface area contributed by atoms with E-state index in [-0.39, 0.29) is 5.91 Å². The molecule has 30 heavy (non-hydrogen) atoms. The average Bonchev–Trinajstić information content (AvgIpc) is 3.03. The minimum Gasteiger partial charge on any atom is -0.347 e. The minimum atomic E-state index is -0.0748. The lowest BCUT2D eigenvalue weighted by Crippen LogP contribution is -2.30. The quantitative estimate of drug-likeness (QED) is 0.711. The molecule has 0 atom stereocenters. The number of nitrogens with one attached hydrogen (secondary N) is 2. The maximum Gasteiger partial charge on any atom is 0.268 e. The van der Waals surface area contributed by atoms with Gasteiger partial charge in [-0.3, -0.25) is 9.79 Å². The van der Waals surface area contributed by atoms with Gasteiger partial charge in [-0.15, -0.1) is 0 Å². The number of nitrogens with zero attached hydrogens (tertiary/aromatic N) is 3. The van der Waals surface area contributed by atoms with Crippen LogP contribution in [0.4, 0.5) is 5.69 Å². The van der Waals surface area contributed by atoms with Gasteiger partial charge in [-0.25, -0.2) is 4.31 Å². The van der Waals surface area contributed by atoms with Gasteiger partial charge in [0.1, 0.15) is 5.69 Å². The monoisotopic (exact) mass is 421 g/mol. The van der Waals surface area contributed by atoms with Crippen LogP contribution in [0.15, 0.2) is 46.3 Å². The highest BCUT2D eigenvalue weighted by Gasteiger charge is 2.22. The summed E-state index contributed by atoms with van der Waals surface area (Å²) < 4.78 is 4.16. The average molecular weight is 422 g/mol. The molecule has 3 heterocycles. The summed E-state index contributed by atoms with van der Waals surface area (Å²) in [6.45, 7) is 8.02. The van der Waals surface area contributed by atoms with Gasteiger partial charge in [-0.2, -0.15) is 0 Å².